The van der Waals surface area contributed by atoms with E-state index in [1.165, 1.54) is 16.4 Å². The van der Waals surface area contributed by atoms with Crippen molar-refractivity contribution in [1.29, 1.82) is 0 Å². The molecule has 2 aliphatic rings. The van der Waals surface area contributed by atoms with E-state index in [1.807, 2.05) is 17.0 Å². The molecule has 0 aliphatic carbocycles. The van der Waals surface area contributed by atoms with Crippen LogP contribution >= 0.6 is 0 Å². The van der Waals surface area contributed by atoms with Gasteiger partial charge in [0.2, 0.25) is 10.0 Å². The van der Waals surface area contributed by atoms with E-state index in [9.17, 15) is 23.6 Å². The lowest BCUT2D eigenvalue weighted by Crippen LogP contribution is -2.46. The summed E-state index contributed by atoms with van der Waals surface area (Å²) in [4.78, 5) is 15.2. The second-order valence-corrected chi connectivity index (χ2v) is 9.45. The summed E-state index contributed by atoms with van der Waals surface area (Å²) in [5.41, 5.74) is 1.23. The molecule has 0 amide bonds. The molecule has 2 aliphatic heterocycles. The highest BCUT2D eigenvalue weighted by molar-refractivity contribution is 7.89. The van der Waals surface area contributed by atoms with E-state index in [0.29, 0.717) is 45.0 Å². The highest BCUT2D eigenvalue weighted by Gasteiger charge is 2.31. The second kappa shape index (κ2) is 8.11. The van der Waals surface area contributed by atoms with E-state index in [1.54, 1.807) is 18.2 Å². The predicted molar refractivity (Wildman–Crippen MR) is 114 cm³/mol. The summed E-state index contributed by atoms with van der Waals surface area (Å²) in [6, 6.07) is 11.2. The molecule has 0 atom stereocenters. The van der Waals surface area contributed by atoms with E-state index in [2.05, 4.69) is 4.90 Å². The number of benzene rings is 2. The van der Waals surface area contributed by atoms with E-state index in [-0.39, 0.29) is 16.3 Å². The first-order valence-corrected chi connectivity index (χ1v) is 11.4. The third kappa shape index (κ3) is 3.92. The fourth-order valence-electron chi connectivity index (χ4n) is 4.02. The van der Waals surface area contributed by atoms with Gasteiger partial charge in [0.05, 0.1) is 9.82 Å². The minimum absolute atomic E-state index is 0.0254. The van der Waals surface area contributed by atoms with Crippen LogP contribution in [0.1, 0.15) is 12.8 Å². The van der Waals surface area contributed by atoms with Crippen LogP contribution in [0.4, 0.5) is 17.1 Å². The Morgan fingerprint density at radius 2 is 1.47 bits per heavy atom. The Hall–Kier alpha value is -2.85. The van der Waals surface area contributed by atoms with Crippen LogP contribution in [0.25, 0.3) is 0 Å². The lowest BCUT2D eigenvalue weighted by Gasteiger charge is -2.37. The highest BCUT2D eigenvalue weighted by Crippen LogP contribution is 2.33. The van der Waals surface area contributed by atoms with E-state index >= 15 is 0 Å². The number of nitro benzene ring substituents is 1. The topological polar surface area (TPSA) is 107 Å². The van der Waals surface area contributed by atoms with Gasteiger partial charge < -0.3 is 14.9 Å². The normalized spacial score (nSPS) is 18.0. The number of hydrogen-bond acceptors (Lipinski definition) is 7. The van der Waals surface area contributed by atoms with Crippen molar-refractivity contribution in [3.8, 4) is 5.75 Å². The summed E-state index contributed by atoms with van der Waals surface area (Å²) in [5.74, 6) is 0.206. The second-order valence-electron chi connectivity index (χ2n) is 7.51. The lowest BCUT2D eigenvalue weighted by molar-refractivity contribution is -0.384. The van der Waals surface area contributed by atoms with Crippen molar-refractivity contribution >= 4 is 27.1 Å². The zero-order chi connectivity index (χ0) is 21.3. The van der Waals surface area contributed by atoms with Gasteiger partial charge in [-0.1, -0.05) is 0 Å². The van der Waals surface area contributed by atoms with Crippen molar-refractivity contribution in [1.82, 2.24) is 4.31 Å². The number of rotatable bonds is 5. The molecule has 9 nitrogen and oxygen atoms in total. The summed E-state index contributed by atoms with van der Waals surface area (Å²) in [5, 5.41) is 21.2. The molecule has 10 heteroatoms. The van der Waals surface area contributed by atoms with Crippen LogP contribution in [-0.4, -0.2) is 62.0 Å². The third-order valence-corrected chi connectivity index (χ3v) is 7.58. The SMILES string of the molecule is O=[N+]([O-])c1cc(S(=O)(=O)N2CCCC2)ccc1N1CCN(c2ccc(O)cc2)CC1. The van der Waals surface area contributed by atoms with Crippen molar-refractivity contribution in [2.45, 2.75) is 17.7 Å². The van der Waals surface area contributed by atoms with Gasteiger partial charge in [-0.2, -0.15) is 4.31 Å². The predicted octanol–water partition coefficient (Wildman–Crippen LogP) is 2.41. The molecular formula is C20H24N4O5S. The molecule has 0 unspecified atom stereocenters. The molecule has 0 saturated carbocycles. The largest absolute Gasteiger partial charge is 0.508 e. The highest BCUT2D eigenvalue weighted by atomic mass is 32.2. The van der Waals surface area contributed by atoms with Gasteiger partial charge in [-0.15, -0.1) is 0 Å². The number of phenols is 1. The number of nitrogens with zero attached hydrogens (tertiary/aromatic N) is 4. The summed E-state index contributed by atoms with van der Waals surface area (Å²) < 4.78 is 27.0. The Bertz CT molecular complexity index is 1030. The molecule has 4 rings (SSSR count). The molecule has 2 aromatic carbocycles. The molecule has 2 fully saturated rings. The molecular weight excluding hydrogens is 408 g/mol. The van der Waals surface area contributed by atoms with Crippen LogP contribution in [0.5, 0.6) is 5.75 Å². The fraction of sp³-hybridized carbons (Fsp3) is 0.400. The zero-order valence-corrected chi connectivity index (χ0v) is 17.3. The Kier molecular flexibility index (Phi) is 5.52. The number of hydrogen-bond donors (Lipinski definition) is 1. The lowest BCUT2D eigenvalue weighted by atomic mass is 10.2. The first-order chi connectivity index (χ1) is 14.4. The van der Waals surface area contributed by atoms with E-state index in [4.69, 9.17) is 0 Å². The maximum absolute atomic E-state index is 12.8. The maximum atomic E-state index is 12.8. The molecule has 0 aromatic heterocycles. The molecule has 2 heterocycles. The van der Waals surface area contributed by atoms with Gasteiger partial charge in [-0.05, 0) is 49.2 Å². The third-order valence-electron chi connectivity index (χ3n) is 5.68. The zero-order valence-electron chi connectivity index (χ0n) is 16.5. The number of nitro groups is 1. The number of piperazine rings is 1. The minimum atomic E-state index is -3.71. The molecule has 1 N–H and O–H groups in total. The summed E-state index contributed by atoms with van der Waals surface area (Å²) >= 11 is 0. The summed E-state index contributed by atoms with van der Waals surface area (Å²) in [6.45, 7) is 3.37. The van der Waals surface area contributed by atoms with Gasteiger partial charge in [-0.3, -0.25) is 10.1 Å². The molecule has 0 spiro atoms. The van der Waals surface area contributed by atoms with Gasteiger partial charge in [0, 0.05) is 51.0 Å². The van der Waals surface area contributed by atoms with Crippen molar-refractivity contribution < 1.29 is 18.4 Å². The van der Waals surface area contributed by atoms with Crippen molar-refractivity contribution in [3.63, 3.8) is 0 Å². The Balaban J connectivity index is 1.54. The van der Waals surface area contributed by atoms with Gasteiger partial charge in [0.15, 0.2) is 0 Å². The molecule has 0 bridgehead atoms. The van der Waals surface area contributed by atoms with E-state index < -0.39 is 14.9 Å². The molecule has 0 radical (unpaired) electrons. The van der Waals surface area contributed by atoms with Crippen LogP contribution < -0.4 is 9.80 Å². The first-order valence-electron chi connectivity index (χ1n) is 9.94. The first kappa shape index (κ1) is 20.4. The van der Waals surface area contributed by atoms with Crippen LogP contribution in [-0.2, 0) is 10.0 Å². The maximum Gasteiger partial charge on any atom is 0.293 e. The Morgan fingerprint density at radius 3 is 2.07 bits per heavy atom. The van der Waals surface area contributed by atoms with Gasteiger partial charge in [0.25, 0.3) is 5.69 Å². The molecule has 30 heavy (non-hydrogen) atoms. The minimum Gasteiger partial charge on any atom is -0.508 e. The van der Waals surface area contributed by atoms with Gasteiger partial charge in [0.1, 0.15) is 11.4 Å². The monoisotopic (exact) mass is 432 g/mol. The smallest absolute Gasteiger partial charge is 0.293 e. The van der Waals surface area contributed by atoms with Crippen LogP contribution in [0.2, 0.25) is 0 Å². The average molecular weight is 433 g/mol. The Morgan fingerprint density at radius 1 is 0.867 bits per heavy atom. The van der Waals surface area contributed by atoms with Crippen LogP contribution in [0.3, 0.4) is 0 Å². The average Bonchev–Trinajstić information content (AvgIpc) is 3.30. The fourth-order valence-corrected chi connectivity index (χ4v) is 5.56. The van der Waals surface area contributed by atoms with Gasteiger partial charge >= 0.3 is 0 Å². The molecule has 2 saturated heterocycles. The molecule has 160 valence electrons. The quantitative estimate of drug-likeness (QED) is 0.571. The number of aromatic hydroxyl groups is 1. The number of sulfonamides is 1. The van der Waals surface area contributed by atoms with E-state index in [0.717, 1.165) is 18.5 Å². The number of phenolic OH excluding ortho intramolecular Hbond substituents is 1. The van der Waals surface area contributed by atoms with Gasteiger partial charge in [-0.25, -0.2) is 8.42 Å². The summed E-state index contributed by atoms with van der Waals surface area (Å²) in [6.07, 6.45) is 1.62. The standard InChI is InChI=1S/C20H24N4O5S/c25-17-5-3-16(4-6-17)21-11-13-22(14-12-21)19-8-7-18(15-20(19)24(26)27)30(28,29)23-9-1-2-10-23/h3-8,15,25H,1-2,9-14H2. The molecule has 2 aromatic rings. The van der Waals surface area contributed by atoms with Crippen molar-refractivity contribution in [2.75, 3.05) is 49.1 Å². The Labute approximate surface area is 175 Å². The number of anilines is 2. The van der Waals surface area contributed by atoms with Crippen molar-refractivity contribution in [2.24, 2.45) is 0 Å². The van der Waals surface area contributed by atoms with Crippen LogP contribution in [0.15, 0.2) is 47.4 Å². The van der Waals surface area contributed by atoms with Crippen molar-refractivity contribution in [3.05, 3.63) is 52.6 Å². The summed E-state index contributed by atoms with van der Waals surface area (Å²) in [7, 11) is -3.71. The van der Waals surface area contributed by atoms with Crippen LogP contribution in [0, 0.1) is 10.1 Å².